The summed E-state index contributed by atoms with van der Waals surface area (Å²) < 4.78 is 48.2. The molecular weight excluding hydrogens is 303 g/mol. The average molecular weight is 315 g/mol. The minimum absolute atomic E-state index is 0.0536. The normalized spacial score (nSPS) is 11.5. The number of carbonyl (C=O) groups is 1. The zero-order valence-electron chi connectivity index (χ0n) is 11.7. The number of hydrogen-bond donors (Lipinski definition) is 0. The monoisotopic (exact) mass is 315 g/mol. The van der Waals surface area contributed by atoms with E-state index >= 15 is 0 Å². The van der Waals surface area contributed by atoms with E-state index in [4.69, 9.17) is 4.74 Å². The van der Waals surface area contributed by atoms with Crippen molar-refractivity contribution < 1.29 is 27.4 Å². The summed E-state index contributed by atoms with van der Waals surface area (Å²) in [5.41, 5.74) is -0.407. The van der Waals surface area contributed by atoms with Crippen LogP contribution < -0.4 is 0 Å². The zero-order chi connectivity index (χ0) is 16.3. The highest BCUT2D eigenvalue weighted by molar-refractivity contribution is 5.90. The van der Waals surface area contributed by atoms with Gasteiger partial charge in [0.05, 0.1) is 19.3 Å². The van der Waals surface area contributed by atoms with Gasteiger partial charge >= 0.3 is 12.1 Å². The van der Waals surface area contributed by atoms with Crippen LogP contribution >= 0.6 is 0 Å². The Kier molecular flexibility index (Phi) is 4.45. The Morgan fingerprint density at radius 2 is 2.05 bits per heavy atom. The second-order valence-corrected chi connectivity index (χ2v) is 4.26. The molecule has 0 radical (unpaired) electrons. The molecule has 2 rings (SSSR count). The number of hydrogen-bond acceptors (Lipinski definition) is 5. The van der Waals surface area contributed by atoms with Gasteiger partial charge in [0.25, 0.3) is 0 Å². The Bertz CT molecular complexity index is 665. The maximum Gasteiger partial charge on any atom is 0.417 e. The maximum atomic E-state index is 12.5. The second-order valence-electron chi connectivity index (χ2n) is 4.26. The average Bonchev–Trinajstić information content (AvgIpc) is 2.90. The predicted octanol–water partition coefficient (Wildman–Crippen LogP) is 2.22. The molecule has 6 nitrogen and oxygen atoms in total. The van der Waals surface area contributed by atoms with Crippen molar-refractivity contribution >= 4 is 5.97 Å². The van der Waals surface area contributed by atoms with Crippen LogP contribution in [0.4, 0.5) is 13.2 Å². The Balaban J connectivity index is 2.38. The first-order valence-corrected chi connectivity index (χ1v) is 6.06. The number of rotatable bonds is 4. The van der Waals surface area contributed by atoms with E-state index in [-0.39, 0.29) is 18.0 Å². The Morgan fingerprint density at radius 3 is 2.55 bits per heavy atom. The third kappa shape index (κ3) is 3.25. The molecule has 0 saturated carbocycles. The van der Waals surface area contributed by atoms with Crippen molar-refractivity contribution in [2.75, 3.05) is 14.2 Å². The summed E-state index contributed by atoms with van der Waals surface area (Å²) in [6, 6.07) is 2.05. The molecule has 2 aromatic rings. The highest BCUT2D eigenvalue weighted by atomic mass is 19.4. The van der Waals surface area contributed by atoms with Crippen molar-refractivity contribution in [2.24, 2.45) is 0 Å². The first kappa shape index (κ1) is 16.0. The zero-order valence-corrected chi connectivity index (χ0v) is 11.7. The van der Waals surface area contributed by atoms with Crippen molar-refractivity contribution in [2.45, 2.75) is 12.8 Å². The number of nitrogens with zero attached hydrogens (tertiary/aromatic N) is 3. The molecule has 2 aromatic heterocycles. The smallest absolute Gasteiger partial charge is 0.417 e. The first-order chi connectivity index (χ1) is 10.4. The van der Waals surface area contributed by atoms with Crippen LogP contribution in [0.5, 0.6) is 0 Å². The molecule has 0 aliphatic rings. The van der Waals surface area contributed by atoms with Gasteiger partial charge in [-0.05, 0) is 12.1 Å². The molecule has 0 aliphatic heterocycles. The van der Waals surface area contributed by atoms with Crippen molar-refractivity contribution in [1.82, 2.24) is 14.8 Å². The van der Waals surface area contributed by atoms with Crippen molar-refractivity contribution in [3.05, 3.63) is 41.3 Å². The summed E-state index contributed by atoms with van der Waals surface area (Å²) in [4.78, 5) is 15.3. The number of alkyl halides is 3. The third-order valence-corrected chi connectivity index (χ3v) is 2.79. The van der Waals surface area contributed by atoms with Crippen LogP contribution in [0.15, 0.2) is 24.5 Å². The van der Waals surface area contributed by atoms with Gasteiger partial charge < -0.3 is 9.47 Å². The van der Waals surface area contributed by atoms with Crippen molar-refractivity contribution in [3.8, 4) is 5.82 Å². The summed E-state index contributed by atoms with van der Waals surface area (Å²) in [6.07, 6.45) is -2.44. The molecule has 0 saturated heterocycles. The summed E-state index contributed by atoms with van der Waals surface area (Å²) in [5, 5.41) is 4.08. The number of methoxy groups -OCH3 is 2. The van der Waals surface area contributed by atoms with Crippen LogP contribution in [0, 0.1) is 0 Å². The third-order valence-electron chi connectivity index (χ3n) is 2.79. The first-order valence-electron chi connectivity index (χ1n) is 6.06. The SMILES string of the molecule is COCc1nn(-c2ccc(C(F)(F)F)cn2)cc1C(=O)OC. The predicted molar refractivity (Wildman–Crippen MR) is 68.4 cm³/mol. The lowest BCUT2D eigenvalue weighted by Crippen LogP contribution is -2.07. The molecule has 0 atom stereocenters. The lowest BCUT2D eigenvalue weighted by molar-refractivity contribution is -0.137. The molecule has 22 heavy (non-hydrogen) atoms. The van der Waals surface area contributed by atoms with E-state index in [1.807, 2.05) is 0 Å². The largest absolute Gasteiger partial charge is 0.465 e. The quantitative estimate of drug-likeness (QED) is 0.809. The molecule has 0 amide bonds. The summed E-state index contributed by atoms with van der Waals surface area (Å²) in [6.45, 7) is 0.0536. The number of carbonyl (C=O) groups excluding carboxylic acids is 1. The Labute approximate surface area is 123 Å². The van der Waals surface area contributed by atoms with Crippen LogP contribution in [0.1, 0.15) is 21.6 Å². The molecule has 0 N–H and O–H groups in total. The van der Waals surface area contributed by atoms with E-state index in [0.29, 0.717) is 11.9 Å². The summed E-state index contributed by atoms with van der Waals surface area (Å²) in [5.74, 6) is -0.481. The molecule has 0 aromatic carbocycles. The number of pyridine rings is 1. The Hall–Kier alpha value is -2.42. The minimum Gasteiger partial charge on any atom is -0.465 e. The molecule has 118 valence electrons. The number of halogens is 3. The van der Waals surface area contributed by atoms with Crippen molar-refractivity contribution in [1.29, 1.82) is 0 Å². The van der Waals surface area contributed by atoms with Gasteiger partial charge in [0, 0.05) is 19.5 Å². The standard InChI is InChI=1S/C13H12F3N3O3/c1-21-7-10-9(12(20)22-2)6-19(18-10)11-4-3-8(5-17-11)13(14,15)16/h3-6H,7H2,1-2H3. The minimum atomic E-state index is -4.46. The van der Waals surface area contributed by atoms with Gasteiger partial charge in [-0.15, -0.1) is 0 Å². The van der Waals surface area contributed by atoms with Gasteiger partial charge in [0.15, 0.2) is 5.82 Å². The molecule has 0 spiro atoms. The van der Waals surface area contributed by atoms with Crippen LogP contribution in [-0.2, 0) is 22.3 Å². The Morgan fingerprint density at radius 1 is 1.32 bits per heavy atom. The van der Waals surface area contributed by atoms with Crippen LogP contribution in [0.2, 0.25) is 0 Å². The van der Waals surface area contributed by atoms with Crippen LogP contribution in [0.25, 0.3) is 5.82 Å². The number of aromatic nitrogens is 3. The molecule has 2 heterocycles. The topological polar surface area (TPSA) is 66.2 Å². The molecule has 9 heteroatoms. The fourth-order valence-electron chi connectivity index (χ4n) is 1.74. The molecule has 0 unspecified atom stereocenters. The van der Waals surface area contributed by atoms with E-state index in [1.54, 1.807) is 0 Å². The van der Waals surface area contributed by atoms with Gasteiger partial charge in [-0.3, -0.25) is 0 Å². The van der Waals surface area contributed by atoms with E-state index in [1.165, 1.54) is 25.1 Å². The van der Waals surface area contributed by atoms with Crippen molar-refractivity contribution in [3.63, 3.8) is 0 Å². The summed E-state index contributed by atoms with van der Waals surface area (Å²) >= 11 is 0. The van der Waals surface area contributed by atoms with Gasteiger partial charge in [-0.1, -0.05) is 0 Å². The molecule has 0 bridgehead atoms. The lowest BCUT2D eigenvalue weighted by atomic mass is 10.2. The molecular formula is C13H12F3N3O3. The second kappa shape index (κ2) is 6.14. The summed E-state index contributed by atoms with van der Waals surface area (Å²) in [7, 11) is 2.64. The van der Waals surface area contributed by atoms with Gasteiger partial charge in [0.1, 0.15) is 11.3 Å². The van der Waals surface area contributed by atoms with Crippen LogP contribution in [0.3, 0.4) is 0 Å². The van der Waals surface area contributed by atoms with E-state index in [9.17, 15) is 18.0 Å². The highest BCUT2D eigenvalue weighted by Crippen LogP contribution is 2.28. The van der Waals surface area contributed by atoms with Gasteiger partial charge in [-0.2, -0.15) is 18.3 Å². The van der Waals surface area contributed by atoms with Crippen LogP contribution in [-0.4, -0.2) is 35.0 Å². The maximum absolute atomic E-state index is 12.5. The fraction of sp³-hybridized carbons (Fsp3) is 0.308. The van der Waals surface area contributed by atoms with E-state index in [0.717, 1.165) is 12.1 Å². The number of ether oxygens (including phenoxy) is 2. The van der Waals surface area contributed by atoms with E-state index < -0.39 is 17.7 Å². The molecule has 0 aliphatic carbocycles. The number of esters is 1. The van der Waals surface area contributed by atoms with Gasteiger partial charge in [0.2, 0.25) is 0 Å². The molecule has 0 fully saturated rings. The van der Waals surface area contributed by atoms with E-state index in [2.05, 4.69) is 14.8 Å². The highest BCUT2D eigenvalue weighted by Gasteiger charge is 2.30. The lowest BCUT2D eigenvalue weighted by Gasteiger charge is -2.06. The van der Waals surface area contributed by atoms with Gasteiger partial charge in [-0.25, -0.2) is 14.5 Å². The fourth-order valence-corrected chi connectivity index (χ4v) is 1.74.